The van der Waals surface area contributed by atoms with Crippen molar-refractivity contribution in [2.75, 3.05) is 13.2 Å². The van der Waals surface area contributed by atoms with Crippen molar-refractivity contribution < 1.29 is 14.0 Å². The van der Waals surface area contributed by atoms with Crippen molar-refractivity contribution in [1.82, 2.24) is 4.57 Å². The van der Waals surface area contributed by atoms with Crippen LogP contribution >= 0.6 is 0 Å². The maximum atomic E-state index is 6.38. The van der Waals surface area contributed by atoms with Crippen LogP contribution in [0.5, 0.6) is 11.5 Å². The molecule has 0 N–H and O–H groups in total. The van der Waals surface area contributed by atoms with Crippen molar-refractivity contribution in [2.45, 2.75) is 226 Å². The van der Waals surface area contributed by atoms with Gasteiger partial charge in [0.25, 0.3) is 0 Å². The van der Waals surface area contributed by atoms with Gasteiger partial charge in [0.15, 0.2) is 11.5 Å². The molecule has 4 heteroatoms. The Hall–Kier alpha value is -1.97. The Morgan fingerprint density at radius 3 is 1.16 bits per heavy atom. The quantitative estimate of drug-likeness (QED) is 0.0513. The predicted octanol–water partition coefficient (Wildman–Crippen LogP) is 14.6. The molecule has 0 amide bonds. The van der Waals surface area contributed by atoms with Crippen LogP contribution in [0.15, 0.2) is 36.9 Å². The third kappa shape index (κ3) is 26.4. The largest absolute Gasteiger partial charge is 0.490 e. The molecule has 0 fully saturated rings. The lowest BCUT2D eigenvalue weighted by atomic mass is 10.0. The smallest absolute Gasteiger partial charge is 0.243 e. The predicted molar refractivity (Wildman–Crippen MR) is 221 cm³/mol. The Balaban J connectivity index is 1.54. The van der Waals surface area contributed by atoms with Crippen LogP contribution in [0, 0.1) is 0 Å². The minimum atomic E-state index is 0.774. The van der Waals surface area contributed by atoms with Gasteiger partial charge in [-0.15, -0.1) is 0 Å². The number of aryl methyl sites for hydroxylation is 1. The Labute approximate surface area is 317 Å². The van der Waals surface area contributed by atoms with Gasteiger partial charge in [-0.2, -0.15) is 0 Å². The molecule has 0 saturated carbocycles. The topological polar surface area (TPSA) is 27.3 Å². The average Bonchev–Trinajstić information content (AvgIpc) is 3.55. The fourth-order valence-electron chi connectivity index (χ4n) is 7.35. The second kappa shape index (κ2) is 33.8. The molecule has 0 radical (unpaired) electrons. The van der Waals surface area contributed by atoms with Gasteiger partial charge in [-0.1, -0.05) is 213 Å². The minimum Gasteiger partial charge on any atom is -0.490 e. The molecule has 0 saturated heterocycles. The van der Waals surface area contributed by atoms with E-state index in [2.05, 4.69) is 66.9 Å². The molecule has 4 nitrogen and oxygen atoms in total. The van der Waals surface area contributed by atoms with Gasteiger partial charge in [-0.25, -0.2) is 9.13 Å². The van der Waals surface area contributed by atoms with Crippen LogP contribution in [0.2, 0.25) is 0 Å². The van der Waals surface area contributed by atoms with Crippen LogP contribution in [-0.4, -0.2) is 17.8 Å². The van der Waals surface area contributed by atoms with E-state index in [0.29, 0.717) is 0 Å². The van der Waals surface area contributed by atoms with E-state index < -0.39 is 0 Å². The highest BCUT2D eigenvalue weighted by Gasteiger charge is 2.10. The molecule has 2 rings (SSSR count). The first-order valence-corrected chi connectivity index (χ1v) is 22.6. The summed E-state index contributed by atoms with van der Waals surface area (Å²) in [5.41, 5.74) is 1.25. The average molecular weight is 710 g/mol. The molecule has 0 aliphatic carbocycles. The fraction of sp³-hybridized carbons (Fsp3) is 0.809. The minimum absolute atomic E-state index is 0.774. The first-order valence-electron chi connectivity index (χ1n) is 22.6. The number of benzene rings is 1. The number of hydrogen-bond donors (Lipinski definition) is 0. The number of hydrogen-bond acceptors (Lipinski definition) is 2. The van der Waals surface area contributed by atoms with Gasteiger partial charge in [0.1, 0.15) is 18.9 Å². The summed E-state index contributed by atoms with van der Waals surface area (Å²) >= 11 is 0. The van der Waals surface area contributed by atoms with Gasteiger partial charge in [0.2, 0.25) is 6.33 Å². The maximum absolute atomic E-state index is 6.38. The standard InChI is InChI=1S/C47H85N2O2/c1-4-6-8-10-12-14-16-18-20-22-24-26-28-30-32-34-40-50-46-37-36-45(43-49-39-38-48(3)44-49)42-47(46)51-41-35-33-31-29-27-25-23-21-19-17-15-13-11-9-7-5-2/h36-39,42,44H,4-35,40-41,43H2,1-3H3/q+1. The van der Waals surface area contributed by atoms with Gasteiger partial charge in [0.05, 0.1) is 20.3 Å². The molecule has 0 unspecified atom stereocenters. The molecule has 294 valence electrons. The van der Waals surface area contributed by atoms with Crippen LogP contribution in [0.25, 0.3) is 0 Å². The first-order chi connectivity index (χ1) is 25.2. The summed E-state index contributed by atoms with van der Waals surface area (Å²) in [4.78, 5) is 0. The highest BCUT2D eigenvalue weighted by atomic mass is 16.5. The Morgan fingerprint density at radius 1 is 0.451 bits per heavy atom. The highest BCUT2D eigenvalue weighted by molar-refractivity contribution is 5.43. The third-order valence-corrected chi connectivity index (χ3v) is 10.7. The molecule has 1 heterocycles. The fourth-order valence-corrected chi connectivity index (χ4v) is 7.35. The zero-order valence-corrected chi connectivity index (χ0v) is 34.4. The lowest BCUT2D eigenvalue weighted by Crippen LogP contribution is -2.23. The van der Waals surface area contributed by atoms with E-state index >= 15 is 0 Å². The van der Waals surface area contributed by atoms with Gasteiger partial charge < -0.3 is 9.47 Å². The zero-order valence-electron chi connectivity index (χ0n) is 34.4. The van der Waals surface area contributed by atoms with Crippen molar-refractivity contribution in [3.8, 4) is 11.5 Å². The van der Waals surface area contributed by atoms with Gasteiger partial charge >= 0.3 is 0 Å². The van der Waals surface area contributed by atoms with Crippen LogP contribution in [0.1, 0.15) is 225 Å². The molecular weight excluding hydrogens is 625 g/mol. The van der Waals surface area contributed by atoms with E-state index in [4.69, 9.17) is 9.47 Å². The molecule has 0 aliphatic rings. The van der Waals surface area contributed by atoms with Crippen LogP contribution in [-0.2, 0) is 13.6 Å². The number of imidazole rings is 1. The molecular formula is C47H85N2O2+. The Morgan fingerprint density at radius 2 is 0.804 bits per heavy atom. The molecule has 2 aromatic rings. The van der Waals surface area contributed by atoms with Crippen molar-refractivity contribution in [3.05, 3.63) is 42.5 Å². The number of aromatic nitrogens is 2. The molecule has 51 heavy (non-hydrogen) atoms. The maximum Gasteiger partial charge on any atom is 0.243 e. The summed E-state index contributed by atoms with van der Waals surface area (Å²) in [6, 6.07) is 6.54. The summed E-state index contributed by atoms with van der Waals surface area (Å²) < 4.78 is 17.0. The van der Waals surface area contributed by atoms with Crippen LogP contribution in [0.4, 0.5) is 0 Å². The van der Waals surface area contributed by atoms with E-state index in [9.17, 15) is 0 Å². The summed E-state index contributed by atoms with van der Waals surface area (Å²) in [7, 11) is 2.07. The molecule has 0 spiro atoms. The number of rotatable bonds is 38. The Bertz CT molecular complexity index is 1020. The number of nitrogens with zero attached hydrogens (tertiary/aromatic N) is 2. The van der Waals surface area contributed by atoms with Crippen molar-refractivity contribution >= 4 is 0 Å². The molecule has 0 bridgehead atoms. The second-order valence-electron chi connectivity index (χ2n) is 15.8. The lowest BCUT2D eigenvalue weighted by Gasteiger charge is -2.14. The number of ether oxygens (including phenoxy) is 2. The van der Waals surface area contributed by atoms with Crippen molar-refractivity contribution in [2.24, 2.45) is 7.05 Å². The van der Waals surface area contributed by atoms with E-state index in [1.807, 2.05) is 0 Å². The summed E-state index contributed by atoms with van der Waals surface area (Å²) in [6.45, 7) is 7.00. The third-order valence-electron chi connectivity index (χ3n) is 10.7. The van der Waals surface area contributed by atoms with E-state index in [-0.39, 0.29) is 0 Å². The molecule has 0 atom stereocenters. The summed E-state index contributed by atoms with van der Waals surface area (Å²) in [6.07, 6.45) is 50.8. The molecule has 1 aromatic carbocycles. The van der Waals surface area contributed by atoms with Gasteiger partial charge in [0, 0.05) is 0 Å². The van der Waals surface area contributed by atoms with Gasteiger partial charge in [-0.05, 0) is 30.5 Å². The summed E-state index contributed by atoms with van der Waals surface area (Å²) in [5, 5.41) is 0. The van der Waals surface area contributed by atoms with Crippen LogP contribution < -0.4 is 14.0 Å². The van der Waals surface area contributed by atoms with E-state index in [1.54, 1.807) is 0 Å². The molecule has 1 aromatic heterocycles. The highest BCUT2D eigenvalue weighted by Crippen LogP contribution is 2.30. The van der Waals surface area contributed by atoms with Crippen molar-refractivity contribution in [3.63, 3.8) is 0 Å². The Kier molecular flexibility index (Phi) is 30.0. The second-order valence-corrected chi connectivity index (χ2v) is 15.8. The van der Waals surface area contributed by atoms with Gasteiger partial charge in [-0.3, -0.25) is 0 Å². The SMILES string of the molecule is CCCCCCCCCCCCCCCCCCOc1ccc(Cn2cc[n+](C)c2)cc1OCCCCCCCCCCCCCCCCCC. The monoisotopic (exact) mass is 710 g/mol. The zero-order chi connectivity index (χ0) is 36.3. The van der Waals surface area contributed by atoms with E-state index in [1.165, 1.54) is 198 Å². The lowest BCUT2D eigenvalue weighted by molar-refractivity contribution is -0.671. The normalized spacial score (nSPS) is 11.4. The van der Waals surface area contributed by atoms with Crippen molar-refractivity contribution in [1.29, 1.82) is 0 Å². The number of unbranched alkanes of at least 4 members (excludes halogenated alkanes) is 30. The van der Waals surface area contributed by atoms with E-state index in [0.717, 1.165) is 44.1 Å². The summed E-state index contributed by atoms with van der Waals surface area (Å²) in [5.74, 6) is 1.83. The first kappa shape index (κ1) is 45.2. The van der Waals surface area contributed by atoms with Crippen LogP contribution in [0.3, 0.4) is 0 Å². The molecule has 0 aliphatic heterocycles.